The first-order chi connectivity index (χ1) is 4.70. The predicted octanol–water partition coefficient (Wildman–Crippen LogP) is 2.37. The maximum Gasteiger partial charge on any atom is 0.117 e. The number of hydrogen-bond donors (Lipinski definition) is 1. The molecule has 0 unspecified atom stereocenters. The van der Waals surface area contributed by atoms with Crippen molar-refractivity contribution in [2.45, 2.75) is 0 Å². The van der Waals surface area contributed by atoms with Crippen LogP contribution < -0.4 is 0 Å². The summed E-state index contributed by atoms with van der Waals surface area (Å²) >= 11 is 3.22. The van der Waals surface area contributed by atoms with Crippen LogP contribution in [0.4, 0.5) is 0 Å². The van der Waals surface area contributed by atoms with Crippen LogP contribution in [0.3, 0.4) is 0 Å². The molecule has 10 heavy (non-hydrogen) atoms. The summed E-state index contributed by atoms with van der Waals surface area (Å²) in [5, 5.41) is 8.89. The van der Waals surface area contributed by atoms with Crippen molar-refractivity contribution in [3.63, 3.8) is 0 Å². The van der Waals surface area contributed by atoms with Gasteiger partial charge in [-0.1, -0.05) is 6.58 Å². The van der Waals surface area contributed by atoms with Crippen LogP contribution in [0.1, 0.15) is 5.56 Å². The highest BCUT2D eigenvalue weighted by molar-refractivity contribution is 9.10. The molecule has 0 aromatic carbocycles. The van der Waals surface area contributed by atoms with Crippen molar-refractivity contribution in [1.29, 1.82) is 0 Å². The van der Waals surface area contributed by atoms with Gasteiger partial charge in [-0.15, -0.1) is 0 Å². The Morgan fingerprint density at radius 1 is 1.60 bits per heavy atom. The fraction of sp³-hybridized carbons (Fsp3) is 0. The molecule has 0 saturated heterocycles. The Morgan fingerprint density at radius 3 is 2.70 bits per heavy atom. The summed E-state index contributed by atoms with van der Waals surface area (Å²) in [5.74, 6) is 0.0359. The summed E-state index contributed by atoms with van der Waals surface area (Å²) in [5.41, 5.74) is 0.634. The van der Waals surface area contributed by atoms with Gasteiger partial charge in [0.15, 0.2) is 0 Å². The van der Waals surface area contributed by atoms with Gasteiger partial charge >= 0.3 is 0 Å². The van der Waals surface area contributed by atoms with Gasteiger partial charge < -0.3 is 5.11 Å². The van der Waals surface area contributed by atoms with Gasteiger partial charge in [0.05, 0.1) is 0 Å². The zero-order valence-corrected chi connectivity index (χ0v) is 6.80. The maximum absolute atomic E-state index is 8.89. The lowest BCUT2D eigenvalue weighted by molar-refractivity contribution is 0.513. The molecule has 52 valence electrons. The highest BCUT2D eigenvalue weighted by Gasteiger charge is 1.95. The molecule has 0 spiro atoms. The Labute approximate surface area is 67.4 Å². The molecule has 0 aliphatic heterocycles. The van der Waals surface area contributed by atoms with E-state index in [1.807, 2.05) is 0 Å². The average molecular weight is 200 g/mol. The molecular weight excluding hydrogens is 194 g/mol. The second-order valence-corrected chi connectivity index (χ2v) is 2.75. The van der Waals surface area contributed by atoms with Gasteiger partial charge in [-0.2, -0.15) is 0 Å². The molecule has 1 aromatic rings. The number of hydrogen-bond acceptors (Lipinski definition) is 2. The topological polar surface area (TPSA) is 33.1 Å². The molecule has 2 nitrogen and oxygen atoms in total. The molecule has 0 bridgehead atoms. The minimum absolute atomic E-state index is 0.0359. The number of halogens is 1. The fourth-order valence-corrected chi connectivity index (χ4v) is 0.935. The number of nitrogens with zero attached hydrogens (tertiary/aromatic N) is 1. The fourth-order valence-electron chi connectivity index (χ4n) is 0.570. The molecule has 1 rings (SSSR count). The van der Waals surface area contributed by atoms with Crippen molar-refractivity contribution in [2.75, 3.05) is 0 Å². The molecular formula is C7H6BrNO. The smallest absolute Gasteiger partial charge is 0.117 e. The van der Waals surface area contributed by atoms with Gasteiger partial charge in [-0.3, -0.25) is 4.98 Å². The largest absolute Gasteiger partial charge is 0.508 e. The van der Waals surface area contributed by atoms with E-state index in [1.165, 1.54) is 0 Å². The van der Waals surface area contributed by atoms with Crippen LogP contribution in [0, 0.1) is 0 Å². The highest BCUT2D eigenvalue weighted by Crippen LogP contribution is 2.13. The zero-order valence-electron chi connectivity index (χ0n) is 5.21. The SMILES string of the molecule is C=C(O)c1cncc(Br)c1. The maximum atomic E-state index is 8.89. The van der Waals surface area contributed by atoms with E-state index in [1.54, 1.807) is 18.5 Å². The summed E-state index contributed by atoms with van der Waals surface area (Å²) in [4.78, 5) is 3.84. The van der Waals surface area contributed by atoms with Gasteiger partial charge in [0.25, 0.3) is 0 Å². The number of pyridine rings is 1. The van der Waals surface area contributed by atoms with Crippen molar-refractivity contribution in [3.8, 4) is 0 Å². The molecule has 1 heterocycles. The predicted molar refractivity (Wildman–Crippen MR) is 43.6 cm³/mol. The minimum atomic E-state index is 0.0359. The van der Waals surface area contributed by atoms with Crippen molar-refractivity contribution in [1.82, 2.24) is 4.98 Å². The quantitative estimate of drug-likeness (QED) is 0.706. The van der Waals surface area contributed by atoms with E-state index < -0.39 is 0 Å². The second kappa shape index (κ2) is 2.84. The first-order valence-electron chi connectivity index (χ1n) is 2.69. The summed E-state index contributed by atoms with van der Waals surface area (Å²) in [6.07, 6.45) is 3.19. The molecule has 0 saturated carbocycles. The van der Waals surface area contributed by atoms with E-state index in [9.17, 15) is 0 Å². The van der Waals surface area contributed by atoms with Crippen molar-refractivity contribution in [3.05, 3.63) is 35.1 Å². The summed E-state index contributed by atoms with van der Waals surface area (Å²) in [6, 6.07) is 1.75. The van der Waals surface area contributed by atoms with Gasteiger partial charge in [0, 0.05) is 22.4 Å². The third-order valence-electron chi connectivity index (χ3n) is 1.04. The van der Waals surface area contributed by atoms with Gasteiger partial charge in [0.1, 0.15) is 5.76 Å². The van der Waals surface area contributed by atoms with Crippen LogP contribution in [0.25, 0.3) is 5.76 Å². The van der Waals surface area contributed by atoms with Crippen LogP contribution in [-0.4, -0.2) is 10.1 Å². The van der Waals surface area contributed by atoms with Crippen LogP contribution in [0.5, 0.6) is 0 Å². The van der Waals surface area contributed by atoms with Crippen LogP contribution >= 0.6 is 15.9 Å². The van der Waals surface area contributed by atoms with Crippen molar-refractivity contribution < 1.29 is 5.11 Å². The summed E-state index contributed by atoms with van der Waals surface area (Å²) in [7, 11) is 0. The third kappa shape index (κ3) is 1.57. The standard InChI is InChI=1S/C7H6BrNO/c1-5(10)6-2-7(8)4-9-3-6/h2-4,10H,1H2. The molecule has 0 amide bonds. The lowest BCUT2D eigenvalue weighted by Gasteiger charge is -1.95. The summed E-state index contributed by atoms with van der Waals surface area (Å²) < 4.78 is 0.834. The van der Waals surface area contributed by atoms with Crippen LogP contribution in [-0.2, 0) is 0 Å². The van der Waals surface area contributed by atoms with E-state index >= 15 is 0 Å². The molecule has 1 N–H and O–H groups in total. The van der Waals surface area contributed by atoms with Crippen LogP contribution in [0.2, 0.25) is 0 Å². The number of rotatable bonds is 1. The minimum Gasteiger partial charge on any atom is -0.508 e. The number of aliphatic hydroxyl groups excluding tert-OH is 1. The Balaban J connectivity index is 3.07. The van der Waals surface area contributed by atoms with E-state index in [0.29, 0.717) is 5.56 Å². The Morgan fingerprint density at radius 2 is 2.30 bits per heavy atom. The van der Waals surface area contributed by atoms with E-state index in [0.717, 1.165) is 4.47 Å². The Hall–Kier alpha value is -0.830. The highest BCUT2D eigenvalue weighted by atomic mass is 79.9. The molecule has 0 atom stereocenters. The monoisotopic (exact) mass is 199 g/mol. The summed E-state index contributed by atoms with van der Waals surface area (Å²) in [6.45, 7) is 3.36. The first kappa shape index (κ1) is 7.28. The Bertz CT molecular complexity index is 260. The molecule has 0 aliphatic rings. The first-order valence-corrected chi connectivity index (χ1v) is 3.48. The Kier molecular flexibility index (Phi) is 2.06. The van der Waals surface area contributed by atoms with Crippen LogP contribution in [0.15, 0.2) is 29.5 Å². The molecule has 3 heteroatoms. The van der Waals surface area contributed by atoms with E-state index in [2.05, 4.69) is 27.5 Å². The normalized spacial score (nSPS) is 9.30. The average Bonchev–Trinajstić information content (AvgIpc) is 1.88. The molecule has 0 fully saturated rings. The van der Waals surface area contributed by atoms with Gasteiger partial charge in [-0.05, 0) is 22.0 Å². The van der Waals surface area contributed by atoms with Gasteiger partial charge in [-0.25, -0.2) is 0 Å². The lowest BCUT2D eigenvalue weighted by atomic mass is 10.2. The van der Waals surface area contributed by atoms with Gasteiger partial charge in [0.2, 0.25) is 0 Å². The second-order valence-electron chi connectivity index (χ2n) is 1.84. The van der Waals surface area contributed by atoms with E-state index in [4.69, 9.17) is 5.11 Å². The zero-order chi connectivity index (χ0) is 7.56. The molecule has 0 aliphatic carbocycles. The van der Waals surface area contributed by atoms with Crippen molar-refractivity contribution >= 4 is 21.7 Å². The molecule has 1 aromatic heterocycles. The third-order valence-corrected chi connectivity index (χ3v) is 1.47. The molecule has 0 radical (unpaired) electrons. The van der Waals surface area contributed by atoms with Crippen molar-refractivity contribution in [2.24, 2.45) is 0 Å². The number of aliphatic hydroxyl groups is 1. The van der Waals surface area contributed by atoms with E-state index in [-0.39, 0.29) is 5.76 Å². The number of aromatic nitrogens is 1. The lowest BCUT2D eigenvalue weighted by Crippen LogP contribution is -1.81.